The van der Waals surface area contributed by atoms with Crippen LogP contribution in [0.4, 0.5) is 5.69 Å². The first-order valence-electron chi connectivity index (χ1n) is 8.77. The second kappa shape index (κ2) is 9.54. The fourth-order valence-electron chi connectivity index (χ4n) is 2.73. The molecular formula is C22H19Cl2NO4. The number of aromatic carboxylic acids is 1. The molecule has 0 aromatic heterocycles. The summed E-state index contributed by atoms with van der Waals surface area (Å²) in [5.74, 6) is 0.0303. The number of carboxylic acid groups (broad SMARTS) is 1. The van der Waals surface area contributed by atoms with Gasteiger partial charge in [-0.05, 0) is 59.7 Å². The predicted molar refractivity (Wildman–Crippen MR) is 115 cm³/mol. The second-order valence-electron chi connectivity index (χ2n) is 6.26. The van der Waals surface area contributed by atoms with Gasteiger partial charge in [0, 0.05) is 17.3 Å². The summed E-state index contributed by atoms with van der Waals surface area (Å²) in [5, 5.41) is 13.3. The molecule has 0 aliphatic carbocycles. The van der Waals surface area contributed by atoms with Crippen LogP contribution in [0.3, 0.4) is 0 Å². The molecule has 0 saturated carbocycles. The molecule has 0 aliphatic heterocycles. The first-order valence-corrected chi connectivity index (χ1v) is 9.52. The van der Waals surface area contributed by atoms with Crippen molar-refractivity contribution in [2.24, 2.45) is 0 Å². The lowest BCUT2D eigenvalue weighted by Crippen LogP contribution is -2.03. The fourth-order valence-corrected chi connectivity index (χ4v) is 3.23. The minimum Gasteiger partial charge on any atom is -0.493 e. The van der Waals surface area contributed by atoms with E-state index in [1.807, 2.05) is 24.3 Å². The van der Waals surface area contributed by atoms with Crippen LogP contribution in [0.5, 0.6) is 11.5 Å². The maximum absolute atomic E-state index is 10.9. The number of nitrogens with one attached hydrogen (secondary N) is 1. The molecule has 0 unspecified atom stereocenters. The van der Waals surface area contributed by atoms with Crippen LogP contribution in [0.2, 0.25) is 10.0 Å². The first-order chi connectivity index (χ1) is 14.0. The molecule has 5 nitrogen and oxygen atoms in total. The van der Waals surface area contributed by atoms with E-state index in [0.717, 1.165) is 16.8 Å². The van der Waals surface area contributed by atoms with Crippen LogP contribution in [-0.2, 0) is 13.2 Å². The minimum absolute atomic E-state index is 0.237. The molecule has 150 valence electrons. The van der Waals surface area contributed by atoms with Crippen LogP contribution in [-0.4, -0.2) is 18.2 Å². The van der Waals surface area contributed by atoms with Crippen molar-refractivity contribution in [2.45, 2.75) is 13.2 Å². The number of rotatable bonds is 8. The number of halogens is 2. The van der Waals surface area contributed by atoms with E-state index in [-0.39, 0.29) is 5.56 Å². The molecule has 29 heavy (non-hydrogen) atoms. The van der Waals surface area contributed by atoms with Gasteiger partial charge in [-0.1, -0.05) is 35.3 Å². The zero-order chi connectivity index (χ0) is 20.8. The first kappa shape index (κ1) is 20.8. The van der Waals surface area contributed by atoms with Crippen molar-refractivity contribution >= 4 is 34.9 Å². The minimum atomic E-state index is -0.957. The average molecular weight is 432 g/mol. The Morgan fingerprint density at radius 3 is 2.45 bits per heavy atom. The molecule has 7 heteroatoms. The summed E-state index contributed by atoms with van der Waals surface area (Å²) in [6, 6.07) is 17.6. The van der Waals surface area contributed by atoms with Crippen LogP contribution < -0.4 is 14.8 Å². The third-order valence-corrected chi connectivity index (χ3v) is 4.71. The topological polar surface area (TPSA) is 67.8 Å². The molecule has 0 heterocycles. The van der Waals surface area contributed by atoms with Gasteiger partial charge in [0.25, 0.3) is 0 Å². The summed E-state index contributed by atoms with van der Waals surface area (Å²) in [7, 11) is 1.56. The summed E-state index contributed by atoms with van der Waals surface area (Å²) < 4.78 is 11.3. The number of hydrogen-bond acceptors (Lipinski definition) is 4. The van der Waals surface area contributed by atoms with Crippen molar-refractivity contribution in [2.75, 3.05) is 12.4 Å². The largest absolute Gasteiger partial charge is 0.493 e. The Morgan fingerprint density at radius 1 is 1.03 bits per heavy atom. The molecule has 3 rings (SSSR count). The Bertz CT molecular complexity index is 1010. The zero-order valence-electron chi connectivity index (χ0n) is 15.6. The van der Waals surface area contributed by atoms with Gasteiger partial charge in [-0.2, -0.15) is 0 Å². The Hall–Kier alpha value is -2.89. The smallest absolute Gasteiger partial charge is 0.335 e. The van der Waals surface area contributed by atoms with E-state index in [9.17, 15) is 4.79 Å². The number of carbonyl (C=O) groups is 1. The van der Waals surface area contributed by atoms with Crippen molar-refractivity contribution in [1.29, 1.82) is 0 Å². The lowest BCUT2D eigenvalue weighted by Gasteiger charge is -2.15. The molecule has 0 atom stereocenters. The highest BCUT2D eigenvalue weighted by Gasteiger charge is 2.13. The fraction of sp³-hybridized carbons (Fsp3) is 0.136. The van der Waals surface area contributed by atoms with Crippen LogP contribution >= 0.6 is 23.2 Å². The molecule has 3 aromatic rings. The molecule has 0 saturated heterocycles. The summed E-state index contributed by atoms with van der Waals surface area (Å²) in [6.07, 6.45) is 0. The Balaban J connectivity index is 1.69. The van der Waals surface area contributed by atoms with Crippen LogP contribution in [0.25, 0.3) is 0 Å². The zero-order valence-corrected chi connectivity index (χ0v) is 17.1. The van der Waals surface area contributed by atoms with E-state index in [1.54, 1.807) is 43.5 Å². The molecule has 0 fully saturated rings. The number of benzene rings is 3. The van der Waals surface area contributed by atoms with Crippen molar-refractivity contribution in [3.05, 3.63) is 87.4 Å². The van der Waals surface area contributed by atoms with Gasteiger partial charge in [-0.15, -0.1) is 0 Å². The molecule has 0 aliphatic rings. The maximum atomic E-state index is 10.9. The number of methoxy groups -OCH3 is 1. The lowest BCUT2D eigenvalue weighted by molar-refractivity contribution is 0.0697. The summed E-state index contributed by atoms with van der Waals surface area (Å²) >= 11 is 12.4. The van der Waals surface area contributed by atoms with E-state index in [0.29, 0.717) is 34.7 Å². The van der Waals surface area contributed by atoms with Gasteiger partial charge in [-0.3, -0.25) is 0 Å². The molecule has 0 bridgehead atoms. The van der Waals surface area contributed by atoms with E-state index in [4.69, 9.17) is 37.8 Å². The second-order valence-corrected chi connectivity index (χ2v) is 7.11. The molecule has 3 aromatic carbocycles. The molecule has 0 radical (unpaired) electrons. The SMILES string of the molecule is COc1cc(CNc2ccc(C(=O)O)cc2)cc(Cl)c1OCc1cccc(Cl)c1. The van der Waals surface area contributed by atoms with Gasteiger partial charge >= 0.3 is 5.97 Å². The van der Waals surface area contributed by atoms with Gasteiger partial charge in [0.1, 0.15) is 6.61 Å². The summed E-state index contributed by atoms with van der Waals surface area (Å²) in [4.78, 5) is 10.9. The molecule has 0 amide bonds. The van der Waals surface area contributed by atoms with Crippen molar-refractivity contribution in [1.82, 2.24) is 0 Å². The average Bonchev–Trinajstić information content (AvgIpc) is 2.71. The van der Waals surface area contributed by atoms with E-state index in [1.165, 1.54) is 0 Å². The van der Waals surface area contributed by atoms with Gasteiger partial charge in [-0.25, -0.2) is 4.79 Å². The van der Waals surface area contributed by atoms with Crippen LogP contribution in [0.15, 0.2) is 60.7 Å². The molecule has 2 N–H and O–H groups in total. The van der Waals surface area contributed by atoms with Crippen molar-refractivity contribution in [3.8, 4) is 11.5 Å². The highest BCUT2D eigenvalue weighted by molar-refractivity contribution is 6.32. The third-order valence-electron chi connectivity index (χ3n) is 4.19. The lowest BCUT2D eigenvalue weighted by atomic mass is 10.1. The summed E-state index contributed by atoms with van der Waals surface area (Å²) in [6.45, 7) is 0.793. The van der Waals surface area contributed by atoms with E-state index >= 15 is 0 Å². The van der Waals surface area contributed by atoms with Crippen LogP contribution in [0.1, 0.15) is 21.5 Å². The normalized spacial score (nSPS) is 10.4. The predicted octanol–water partition coefficient (Wildman–Crippen LogP) is 5.89. The van der Waals surface area contributed by atoms with Gasteiger partial charge in [0.2, 0.25) is 0 Å². The van der Waals surface area contributed by atoms with E-state index < -0.39 is 5.97 Å². The number of anilines is 1. The highest BCUT2D eigenvalue weighted by atomic mass is 35.5. The number of carboxylic acids is 1. The monoisotopic (exact) mass is 431 g/mol. The van der Waals surface area contributed by atoms with Crippen LogP contribution in [0, 0.1) is 0 Å². The quantitative estimate of drug-likeness (QED) is 0.465. The highest BCUT2D eigenvalue weighted by Crippen LogP contribution is 2.37. The van der Waals surface area contributed by atoms with Crippen molar-refractivity contribution < 1.29 is 19.4 Å². The third kappa shape index (κ3) is 5.56. The maximum Gasteiger partial charge on any atom is 0.335 e. The van der Waals surface area contributed by atoms with Gasteiger partial charge in [0.05, 0.1) is 17.7 Å². The van der Waals surface area contributed by atoms with Gasteiger partial charge < -0.3 is 19.9 Å². The van der Waals surface area contributed by atoms with Crippen molar-refractivity contribution in [3.63, 3.8) is 0 Å². The van der Waals surface area contributed by atoms with Gasteiger partial charge in [0.15, 0.2) is 11.5 Å². The number of ether oxygens (including phenoxy) is 2. The Morgan fingerprint density at radius 2 is 1.79 bits per heavy atom. The molecule has 0 spiro atoms. The van der Waals surface area contributed by atoms with E-state index in [2.05, 4.69) is 5.32 Å². The standard InChI is InChI=1S/C22H19Cl2NO4/c1-28-20-11-15(12-25-18-7-5-16(6-8-18)22(26)27)10-19(24)21(20)29-13-14-3-2-4-17(23)9-14/h2-11,25H,12-13H2,1H3,(H,26,27). The number of hydrogen-bond donors (Lipinski definition) is 2. The Kier molecular flexibility index (Phi) is 6.86. The summed E-state index contributed by atoms with van der Waals surface area (Å²) in [5.41, 5.74) is 2.85. The molecular weight excluding hydrogens is 413 g/mol. The Labute approximate surface area is 178 Å².